The van der Waals surface area contributed by atoms with Crippen LogP contribution in [0.2, 0.25) is 0 Å². The van der Waals surface area contributed by atoms with Crippen LogP contribution in [0.25, 0.3) is 0 Å². The average molecular weight is 311 g/mol. The van der Waals surface area contributed by atoms with Crippen molar-refractivity contribution in [3.63, 3.8) is 0 Å². The van der Waals surface area contributed by atoms with Gasteiger partial charge in [0.2, 0.25) is 15.9 Å². The van der Waals surface area contributed by atoms with Crippen molar-refractivity contribution in [3.8, 4) is 0 Å². The maximum Gasteiger partial charge on any atom is 0.243 e. The second kappa shape index (κ2) is 5.82. The standard InChI is InChI=1S/C13H16N2O5S/c1-9(16)14-10-4-6-11(7-5-10)21(19,20)15-8-2-3-12(15)13(17)18/h4-7,12H,2-3,8H2,1H3,(H,14,16)(H,17,18)/p-1/t12-/m1/s1. The summed E-state index contributed by atoms with van der Waals surface area (Å²) in [6.07, 6.45) is 0.743. The van der Waals surface area contributed by atoms with Gasteiger partial charge in [-0.05, 0) is 37.1 Å². The summed E-state index contributed by atoms with van der Waals surface area (Å²) < 4.78 is 25.8. The molecule has 8 heteroatoms. The molecule has 1 aliphatic rings. The number of aliphatic carboxylic acids is 1. The molecule has 1 saturated heterocycles. The third-order valence-electron chi connectivity index (χ3n) is 3.26. The third-order valence-corrected chi connectivity index (χ3v) is 5.18. The summed E-state index contributed by atoms with van der Waals surface area (Å²) in [5.41, 5.74) is 0.472. The SMILES string of the molecule is CC(=O)Nc1ccc(S(=O)(=O)N2CCC[C@@H]2C(=O)[O-])cc1. The molecule has 7 nitrogen and oxygen atoms in total. The summed E-state index contributed by atoms with van der Waals surface area (Å²) in [7, 11) is -3.88. The van der Waals surface area contributed by atoms with Gasteiger partial charge in [-0.2, -0.15) is 4.31 Å². The van der Waals surface area contributed by atoms with Gasteiger partial charge in [0.1, 0.15) is 0 Å². The number of amides is 1. The minimum atomic E-state index is -3.88. The van der Waals surface area contributed by atoms with Crippen LogP contribution in [0.1, 0.15) is 19.8 Å². The summed E-state index contributed by atoms with van der Waals surface area (Å²) in [4.78, 5) is 21.9. The molecule has 1 aromatic carbocycles. The number of nitrogens with zero attached hydrogens (tertiary/aromatic N) is 1. The van der Waals surface area contributed by atoms with Crippen molar-refractivity contribution in [1.29, 1.82) is 0 Å². The molecule has 114 valence electrons. The van der Waals surface area contributed by atoms with E-state index in [0.717, 1.165) is 4.31 Å². The van der Waals surface area contributed by atoms with Gasteiger partial charge in [0, 0.05) is 19.2 Å². The second-order valence-electron chi connectivity index (χ2n) is 4.80. The zero-order valence-electron chi connectivity index (χ0n) is 11.4. The first-order valence-electron chi connectivity index (χ1n) is 6.43. The van der Waals surface area contributed by atoms with E-state index in [1.54, 1.807) is 0 Å². The fourth-order valence-corrected chi connectivity index (χ4v) is 3.96. The first kappa shape index (κ1) is 15.5. The first-order chi connectivity index (χ1) is 9.82. The number of nitrogens with one attached hydrogen (secondary N) is 1. The monoisotopic (exact) mass is 311 g/mol. The summed E-state index contributed by atoms with van der Waals surface area (Å²) in [6.45, 7) is 1.51. The number of carboxylic acids is 1. The zero-order chi connectivity index (χ0) is 15.6. The highest BCUT2D eigenvalue weighted by molar-refractivity contribution is 7.89. The molecule has 1 N–H and O–H groups in total. The molecule has 0 bridgehead atoms. The van der Waals surface area contributed by atoms with Crippen molar-refractivity contribution in [3.05, 3.63) is 24.3 Å². The van der Waals surface area contributed by atoms with Crippen LogP contribution < -0.4 is 10.4 Å². The number of anilines is 1. The van der Waals surface area contributed by atoms with Gasteiger partial charge in [0.05, 0.1) is 16.9 Å². The van der Waals surface area contributed by atoms with E-state index in [-0.39, 0.29) is 23.8 Å². The maximum atomic E-state index is 12.4. The van der Waals surface area contributed by atoms with Gasteiger partial charge in [-0.25, -0.2) is 8.42 Å². The minimum absolute atomic E-state index is 0.00949. The van der Waals surface area contributed by atoms with Crippen molar-refractivity contribution in [2.24, 2.45) is 0 Å². The van der Waals surface area contributed by atoms with Crippen LogP contribution in [-0.2, 0) is 19.6 Å². The first-order valence-corrected chi connectivity index (χ1v) is 7.87. The number of sulfonamides is 1. The van der Waals surface area contributed by atoms with Gasteiger partial charge < -0.3 is 15.2 Å². The highest BCUT2D eigenvalue weighted by Gasteiger charge is 2.35. The van der Waals surface area contributed by atoms with Crippen molar-refractivity contribution < 1.29 is 23.1 Å². The Kier molecular flexibility index (Phi) is 4.29. The molecule has 0 aliphatic carbocycles. The molecular weight excluding hydrogens is 296 g/mol. The van der Waals surface area contributed by atoms with E-state index < -0.39 is 22.0 Å². The van der Waals surface area contributed by atoms with E-state index in [2.05, 4.69) is 5.32 Å². The van der Waals surface area contributed by atoms with Gasteiger partial charge in [-0.15, -0.1) is 0 Å². The van der Waals surface area contributed by atoms with E-state index in [4.69, 9.17) is 0 Å². The molecule has 21 heavy (non-hydrogen) atoms. The van der Waals surface area contributed by atoms with Crippen LogP contribution in [-0.4, -0.2) is 37.2 Å². The zero-order valence-corrected chi connectivity index (χ0v) is 12.2. The van der Waals surface area contributed by atoms with Crippen LogP contribution in [0, 0.1) is 0 Å². The van der Waals surface area contributed by atoms with Crippen LogP contribution in [0.15, 0.2) is 29.2 Å². The van der Waals surface area contributed by atoms with Crippen molar-refractivity contribution in [2.75, 3.05) is 11.9 Å². The predicted molar refractivity (Wildman–Crippen MR) is 72.7 cm³/mol. The number of hydrogen-bond donors (Lipinski definition) is 1. The van der Waals surface area contributed by atoms with Crippen molar-refractivity contribution in [1.82, 2.24) is 4.31 Å². The minimum Gasteiger partial charge on any atom is -0.548 e. The predicted octanol–water partition coefficient (Wildman–Crippen LogP) is -0.452. The van der Waals surface area contributed by atoms with Gasteiger partial charge in [-0.3, -0.25) is 4.79 Å². The third kappa shape index (κ3) is 3.22. The normalized spacial score (nSPS) is 19.4. The van der Waals surface area contributed by atoms with E-state index in [1.807, 2.05) is 0 Å². The quantitative estimate of drug-likeness (QED) is 0.810. The number of carbonyl (C=O) groups is 2. The Morgan fingerprint density at radius 3 is 2.43 bits per heavy atom. The Hall–Kier alpha value is -1.93. The smallest absolute Gasteiger partial charge is 0.243 e. The van der Waals surface area contributed by atoms with Gasteiger partial charge in [0.15, 0.2) is 0 Å². The molecule has 1 aliphatic heterocycles. The molecule has 1 heterocycles. The molecule has 0 aromatic heterocycles. The summed E-state index contributed by atoms with van der Waals surface area (Å²) in [5.74, 6) is -1.65. The molecule has 0 unspecified atom stereocenters. The average Bonchev–Trinajstić information content (AvgIpc) is 2.88. The molecule has 1 fully saturated rings. The number of hydrogen-bond acceptors (Lipinski definition) is 5. The topological polar surface area (TPSA) is 107 Å². The number of carbonyl (C=O) groups excluding carboxylic acids is 2. The lowest BCUT2D eigenvalue weighted by Gasteiger charge is -2.24. The molecule has 0 radical (unpaired) electrons. The van der Waals surface area contributed by atoms with Crippen molar-refractivity contribution in [2.45, 2.75) is 30.7 Å². The Balaban J connectivity index is 2.27. The lowest BCUT2D eigenvalue weighted by molar-refractivity contribution is -0.309. The highest BCUT2D eigenvalue weighted by atomic mass is 32.2. The molecule has 0 saturated carbocycles. The van der Waals surface area contributed by atoms with E-state index in [9.17, 15) is 23.1 Å². The Bertz CT molecular complexity index is 654. The van der Waals surface area contributed by atoms with Crippen molar-refractivity contribution >= 4 is 27.6 Å². The fourth-order valence-electron chi connectivity index (χ4n) is 2.31. The fraction of sp³-hybridized carbons (Fsp3) is 0.385. The van der Waals surface area contributed by atoms with E-state index in [1.165, 1.54) is 31.2 Å². The number of benzene rings is 1. The lowest BCUT2D eigenvalue weighted by Crippen LogP contribution is -2.46. The van der Waals surface area contributed by atoms with Crippen LogP contribution in [0.5, 0.6) is 0 Å². The summed E-state index contributed by atoms with van der Waals surface area (Å²) >= 11 is 0. The Morgan fingerprint density at radius 1 is 1.29 bits per heavy atom. The second-order valence-corrected chi connectivity index (χ2v) is 6.69. The molecule has 1 amide bonds. The van der Waals surface area contributed by atoms with E-state index in [0.29, 0.717) is 12.1 Å². The lowest BCUT2D eigenvalue weighted by atomic mass is 10.2. The molecule has 2 rings (SSSR count). The maximum absolute atomic E-state index is 12.4. The Labute approximate surface area is 122 Å². The Morgan fingerprint density at radius 2 is 1.90 bits per heavy atom. The van der Waals surface area contributed by atoms with E-state index >= 15 is 0 Å². The number of rotatable bonds is 4. The highest BCUT2D eigenvalue weighted by Crippen LogP contribution is 2.26. The van der Waals surface area contributed by atoms with Gasteiger partial charge in [0.25, 0.3) is 0 Å². The summed E-state index contributed by atoms with van der Waals surface area (Å²) in [6, 6.07) is 4.47. The van der Waals surface area contributed by atoms with Crippen LogP contribution in [0.3, 0.4) is 0 Å². The molecule has 1 aromatic rings. The van der Waals surface area contributed by atoms with Gasteiger partial charge in [-0.1, -0.05) is 0 Å². The molecular formula is C13H15N2O5S-. The van der Waals surface area contributed by atoms with Gasteiger partial charge >= 0.3 is 0 Å². The molecule has 0 spiro atoms. The summed E-state index contributed by atoms with van der Waals surface area (Å²) in [5, 5.41) is 13.5. The van der Waals surface area contributed by atoms with Crippen LogP contribution >= 0.6 is 0 Å². The van der Waals surface area contributed by atoms with Crippen LogP contribution in [0.4, 0.5) is 5.69 Å². The largest absolute Gasteiger partial charge is 0.548 e. The molecule has 1 atom stereocenters. The number of carboxylic acid groups (broad SMARTS) is 1.